The Hall–Kier alpha value is -2.08. The van der Waals surface area contributed by atoms with E-state index in [4.69, 9.17) is 5.14 Å². The van der Waals surface area contributed by atoms with Crippen molar-refractivity contribution in [3.05, 3.63) is 42.5 Å². The number of benzene rings is 2. The Morgan fingerprint density at radius 1 is 0.957 bits per heavy atom. The molecule has 0 aliphatic carbocycles. The number of hydrogen-bond donors (Lipinski definition) is 2. The van der Waals surface area contributed by atoms with Crippen LogP contribution in [-0.2, 0) is 20.0 Å². The van der Waals surface area contributed by atoms with Crippen LogP contribution in [0, 0.1) is 0 Å². The zero-order valence-corrected chi connectivity index (χ0v) is 13.8. The zero-order chi connectivity index (χ0) is 16.7. The first-order chi connectivity index (χ1) is 10.8. The van der Waals surface area contributed by atoms with Gasteiger partial charge in [-0.15, -0.1) is 0 Å². The fourth-order valence-electron chi connectivity index (χ4n) is 1.92. The maximum atomic E-state index is 12.5. The monoisotopic (exact) mass is 370 g/mol. The highest BCUT2D eigenvalue weighted by atomic mass is 32.2. The van der Waals surface area contributed by atoms with Crippen molar-refractivity contribution in [3.8, 4) is 0 Å². The summed E-state index contributed by atoms with van der Waals surface area (Å²) in [5.41, 5.74) is 0.978. The SMILES string of the molecule is NS(=O)(=O)c1ccc(NS(=O)(=O)c2cccc3nsnc23)cc1. The Balaban J connectivity index is 1.97. The Morgan fingerprint density at radius 3 is 2.30 bits per heavy atom. The maximum Gasteiger partial charge on any atom is 0.264 e. The molecule has 0 bridgehead atoms. The first kappa shape index (κ1) is 15.8. The van der Waals surface area contributed by atoms with E-state index < -0.39 is 20.0 Å². The highest BCUT2D eigenvalue weighted by Crippen LogP contribution is 2.24. The molecule has 3 N–H and O–H groups in total. The third kappa shape index (κ3) is 3.17. The van der Waals surface area contributed by atoms with E-state index in [1.807, 2.05) is 0 Å². The third-order valence-corrected chi connectivity index (χ3v) is 5.86. The molecular formula is C12H10N4O4S3. The molecule has 0 saturated heterocycles. The second-order valence-corrected chi connectivity index (χ2v) is 8.30. The molecule has 0 atom stereocenters. The van der Waals surface area contributed by atoms with Gasteiger partial charge in [-0.2, -0.15) is 8.75 Å². The molecule has 0 aliphatic rings. The number of hydrogen-bond acceptors (Lipinski definition) is 7. The van der Waals surface area contributed by atoms with Crippen molar-refractivity contribution < 1.29 is 16.8 Å². The Kier molecular flexibility index (Phi) is 3.80. The lowest BCUT2D eigenvalue weighted by Crippen LogP contribution is -2.14. The lowest BCUT2D eigenvalue weighted by Gasteiger charge is -2.08. The lowest BCUT2D eigenvalue weighted by molar-refractivity contribution is 0.597. The van der Waals surface area contributed by atoms with Crippen LogP contribution in [0.4, 0.5) is 5.69 Å². The Morgan fingerprint density at radius 2 is 1.65 bits per heavy atom. The minimum atomic E-state index is -3.88. The molecule has 0 unspecified atom stereocenters. The van der Waals surface area contributed by atoms with Crippen molar-refractivity contribution in [3.63, 3.8) is 0 Å². The molecule has 0 aliphatic heterocycles. The molecule has 3 rings (SSSR count). The van der Waals surface area contributed by atoms with Gasteiger partial charge in [-0.1, -0.05) is 6.07 Å². The van der Waals surface area contributed by atoms with Gasteiger partial charge in [-0.25, -0.2) is 22.0 Å². The van der Waals surface area contributed by atoms with E-state index in [1.54, 1.807) is 12.1 Å². The third-order valence-electron chi connectivity index (χ3n) is 2.97. The highest BCUT2D eigenvalue weighted by Gasteiger charge is 2.20. The molecule has 0 amide bonds. The van der Waals surface area contributed by atoms with Crippen LogP contribution in [0.25, 0.3) is 11.0 Å². The molecule has 11 heteroatoms. The minimum absolute atomic E-state index is 0.000673. The van der Waals surface area contributed by atoms with Crippen molar-refractivity contribution in [2.45, 2.75) is 9.79 Å². The number of anilines is 1. The van der Waals surface area contributed by atoms with Crippen LogP contribution in [0.15, 0.2) is 52.3 Å². The van der Waals surface area contributed by atoms with Gasteiger partial charge in [-0.05, 0) is 36.4 Å². The predicted molar refractivity (Wildman–Crippen MR) is 86.0 cm³/mol. The van der Waals surface area contributed by atoms with E-state index in [0.717, 1.165) is 11.7 Å². The molecule has 120 valence electrons. The maximum absolute atomic E-state index is 12.5. The smallest absolute Gasteiger partial charge is 0.264 e. The number of nitrogens with zero attached hydrogens (tertiary/aromatic N) is 2. The molecule has 8 nitrogen and oxygen atoms in total. The fraction of sp³-hybridized carbons (Fsp3) is 0. The van der Waals surface area contributed by atoms with Gasteiger partial charge in [-0.3, -0.25) is 4.72 Å². The summed E-state index contributed by atoms with van der Waals surface area (Å²) in [7, 11) is -7.72. The summed E-state index contributed by atoms with van der Waals surface area (Å²) in [6, 6.07) is 9.73. The van der Waals surface area contributed by atoms with Crippen LogP contribution >= 0.6 is 11.7 Å². The van der Waals surface area contributed by atoms with Crippen molar-refractivity contribution >= 4 is 48.5 Å². The van der Waals surface area contributed by atoms with Crippen molar-refractivity contribution in [2.75, 3.05) is 4.72 Å². The van der Waals surface area contributed by atoms with E-state index in [0.29, 0.717) is 5.52 Å². The predicted octanol–water partition coefficient (Wildman–Crippen LogP) is 1.14. The van der Waals surface area contributed by atoms with E-state index >= 15 is 0 Å². The average Bonchev–Trinajstić information content (AvgIpc) is 2.94. The van der Waals surface area contributed by atoms with Crippen molar-refractivity contribution in [1.29, 1.82) is 0 Å². The van der Waals surface area contributed by atoms with Gasteiger partial charge < -0.3 is 0 Å². The van der Waals surface area contributed by atoms with Gasteiger partial charge in [0.15, 0.2) is 0 Å². The summed E-state index contributed by atoms with van der Waals surface area (Å²) in [4.78, 5) is -0.106. The molecule has 1 heterocycles. The number of aromatic nitrogens is 2. The van der Waals surface area contributed by atoms with Gasteiger partial charge in [0.25, 0.3) is 10.0 Å². The van der Waals surface area contributed by atoms with Gasteiger partial charge in [0.05, 0.1) is 16.6 Å². The number of fused-ring (bicyclic) bond motifs is 1. The second-order valence-electron chi connectivity index (χ2n) is 4.56. The number of rotatable bonds is 4. The van der Waals surface area contributed by atoms with Gasteiger partial charge >= 0.3 is 0 Å². The molecule has 0 saturated carbocycles. The van der Waals surface area contributed by atoms with E-state index in [-0.39, 0.29) is 21.0 Å². The summed E-state index contributed by atoms with van der Waals surface area (Å²) < 4.78 is 57.7. The fourth-order valence-corrected chi connectivity index (χ4v) is 4.26. The number of sulfonamides is 2. The second kappa shape index (κ2) is 5.53. The topological polar surface area (TPSA) is 132 Å². The summed E-state index contributed by atoms with van der Waals surface area (Å²) in [5.74, 6) is 0. The first-order valence-electron chi connectivity index (χ1n) is 6.14. The molecular weight excluding hydrogens is 360 g/mol. The Labute approximate surface area is 136 Å². The molecule has 3 aromatic rings. The van der Waals surface area contributed by atoms with E-state index in [2.05, 4.69) is 13.5 Å². The minimum Gasteiger partial charge on any atom is -0.280 e. The molecule has 0 radical (unpaired) electrons. The normalized spacial score (nSPS) is 12.4. The summed E-state index contributed by atoms with van der Waals surface area (Å²) >= 11 is 0.921. The van der Waals surface area contributed by atoms with Crippen molar-refractivity contribution in [1.82, 2.24) is 8.75 Å². The lowest BCUT2D eigenvalue weighted by atomic mass is 10.3. The molecule has 0 fully saturated rings. The van der Waals surface area contributed by atoms with Crippen LogP contribution in [-0.4, -0.2) is 25.6 Å². The number of nitrogens with one attached hydrogen (secondary N) is 1. The van der Waals surface area contributed by atoms with Crippen LogP contribution in [0.5, 0.6) is 0 Å². The molecule has 23 heavy (non-hydrogen) atoms. The van der Waals surface area contributed by atoms with E-state index in [1.165, 1.54) is 30.3 Å². The highest BCUT2D eigenvalue weighted by molar-refractivity contribution is 7.93. The first-order valence-corrected chi connectivity index (χ1v) is 9.90. The summed E-state index contributed by atoms with van der Waals surface area (Å²) in [6.45, 7) is 0. The summed E-state index contributed by atoms with van der Waals surface area (Å²) in [5, 5.41) is 5.00. The van der Waals surface area contributed by atoms with Crippen LogP contribution < -0.4 is 9.86 Å². The summed E-state index contributed by atoms with van der Waals surface area (Å²) in [6.07, 6.45) is 0. The van der Waals surface area contributed by atoms with Crippen LogP contribution in [0.3, 0.4) is 0 Å². The zero-order valence-electron chi connectivity index (χ0n) is 11.4. The molecule has 2 aromatic carbocycles. The van der Waals surface area contributed by atoms with Crippen LogP contribution in [0.2, 0.25) is 0 Å². The van der Waals surface area contributed by atoms with Gasteiger partial charge in [0, 0.05) is 5.69 Å². The Bertz CT molecular complexity index is 1070. The number of nitrogens with two attached hydrogens (primary N) is 1. The van der Waals surface area contributed by atoms with Gasteiger partial charge in [0.1, 0.15) is 15.9 Å². The standard InChI is InChI=1S/C12H10N4O4S3/c13-22(17,18)9-6-4-8(5-7-9)16-23(19,20)11-3-1-2-10-12(11)15-21-14-10/h1-7,16H,(H2,13,17,18). The molecule has 1 aromatic heterocycles. The van der Waals surface area contributed by atoms with Gasteiger partial charge in [0.2, 0.25) is 10.0 Å². The largest absolute Gasteiger partial charge is 0.280 e. The number of primary sulfonamides is 1. The molecule has 0 spiro atoms. The van der Waals surface area contributed by atoms with E-state index in [9.17, 15) is 16.8 Å². The average molecular weight is 370 g/mol. The van der Waals surface area contributed by atoms with Crippen LogP contribution in [0.1, 0.15) is 0 Å². The quantitative estimate of drug-likeness (QED) is 0.708. The van der Waals surface area contributed by atoms with Crippen molar-refractivity contribution in [2.24, 2.45) is 5.14 Å².